The average molecular weight is 886 g/mol. The van der Waals surface area contributed by atoms with E-state index in [0.29, 0.717) is 0 Å². The van der Waals surface area contributed by atoms with E-state index < -0.39 is 0 Å². The Morgan fingerprint density at radius 1 is 0.424 bits per heavy atom. The lowest BCUT2D eigenvalue weighted by molar-refractivity contribution is 0.398. The molecule has 334 valence electrons. The molecule has 8 aromatic rings. The van der Waals surface area contributed by atoms with Crippen molar-refractivity contribution in [3.05, 3.63) is 166 Å². The van der Waals surface area contributed by atoms with E-state index in [0.717, 1.165) is 27.1 Å². The largest absolute Gasteiger partial charge is 0.455 e. The van der Waals surface area contributed by atoms with E-state index in [-0.39, 0.29) is 16.2 Å². The number of unbranched alkanes of at least 4 members (excludes halogenated alkanes) is 9. The average Bonchev–Trinajstić information content (AvgIpc) is 3.99. The first-order chi connectivity index (χ1) is 32.1. The summed E-state index contributed by atoms with van der Waals surface area (Å²) in [5.74, 6) is 0. The Morgan fingerprint density at radius 2 is 0.939 bits per heavy atom. The molecule has 3 aliphatic rings. The summed E-state index contributed by atoms with van der Waals surface area (Å²) in [6.45, 7) is 14.2. The van der Waals surface area contributed by atoms with E-state index >= 15 is 0 Å². The van der Waals surface area contributed by atoms with Crippen molar-refractivity contribution >= 4 is 33.5 Å². The molecular weight excluding hydrogens is 820 g/mol. The van der Waals surface area contributed by atoms with Gasteiger partial charge in [0.15, 0.2) is 0 Å². The summed E-state index contributed by atoms with van der Waals surface area (Å²) >= 11 is 6.67. The lowest BCUT2D eigenvalue weighted by Crippen LogP contribution is -2.25. The van der Waals surface area contributed by atoms with Gasteiger partial charge in [0.1, 0.15) is 11.2 Å². The lowest BCUT2D eigenvalue weighted by Gasteiger charge is -2.33. The molecule has 0 saturated heterocycles. The number of furan rings is 1. The van der Waals surface area contributed by atoms with Crippen LogP contribution in [0.5, 0.6) is 0 Å². The molecule has 0 saturated carbocycles. The van der Waals surface area contributed by atoms with Crippen molar-refractivity contribution in [3.8, 4) is 55.6 Å². The highest BCUT2D eigenvalue weighted by Crippen LogP contribution is 2.58. The molecule has 2 heteroatoms. The molecule has 0 radical (unpaired) electrons. The van der Waals surface area contributed by atoms with Gasteiger partial charge in [0.2, 0.25) is 0 Å². The van der Waals surface area contributed by atoms with Crippen molar-refractivity contribution in [2.45, 2.75) is 141 Å². The molecule has 0 N–H and O–H groups in total. The summed E-state index contributed by atoms with van der Waals surface area (Å²) in [6, 6.07) is 48.8. The van der Waals surface area contributed by atoms with Crippen molar-refractivity contribution in [1.82, 2.24) is 0 Å². The molecule has 1 aromatic heterocycles. The summed E-state index contributed by atoms with van der Waals surface area (Å²) in [6.07, 6.45) is 17.0. The third-order valence-corrected chi connectivity index (χ3v) is 16.7. The van der Waals surface area contributed by atoms with Crippen molar-refractivity contribution in [3.63, 3.8) is 0 Å². The number of hydrogen-bond acceptors (Lipinski definition) is 1. The van der Waals surface area contributed by atoms with Gasteiger partial charge in [-0.2, -0.15) is 0 Å². The molecule has 11 rings (SSSR count). The van der Waals surface area contributed by atoms with Crippen molar-refractivity contribution < 1.29 is 4.42 Å². The molecular formula is C64H65ClO. The predicted molar refractivity (Wildman–Crippen MR) is 282 cm³/mol. The fraction of sp³-hybridized carbons (Fsp3) is 0.344. The maximum Gasteiger partial charge on any atom is 0.143 e. The van der Waals surface area contributed by atoms with Gasteiger partial charge < -0.3 is 4.42 Å². The van der Waals surface area contributed by atoms with Crippen LogP contribution in [-0.4, -0.2) is 0 Å². The maximum absolute atomic E-state index is 6.89. The SMILES string of the molecule is CCCCCCCCC1(CCCCCCC)c2ccccc2-c2ccc(-c3ccc4c(c3)C(C)(C)c3cc(-c5cc6c(c7c5oc5ccccc57)-c5ccc(Cl)cc5C6(C)C)ccc3-4)cc21. The maximum atomic E-state index is 6.89. The third-order valence-electron chi connectivity index (χ3n) is 16.5. The molecule has 1 nitrogen and oxygen atoms in total. The molecule has 0 spiro atoms. The van der Waals surface area contributed by atoms with Crippen LogP contribution in [0.15, 0.2) is 132 Å². The van der Waals surface area contributed by atoms with Gasteiger partial charge in [-0.1, -0.05) is 209 Å². The highest BCUT2D eigenvalue weighted by Gasteiger charge is 2.43. The summed E-state index contributed by atoms with van der Waals surface area (Å²) in [5, 5.41) is 3.13. The Bertz CT molecular complexity index is 3170. The van der Waals surface area contributed by atoms with E-state index in [4.69, 9.17) is 16.0 Å². The molecule has 3 aliphatic carbocycles. The van der Waals surface area contributed by atoms with Crippen molar-refractivity contribution in [1.29, 1.82) is 0 Å². The Labute approximate surface area is 398 Å². The summed E-state index contributed by atoms with van der Waals surface area (Å²) < 4.78 is 6.89. The fourth-order valence-corrected chi connectivity index (χ4v) is 13.1. The van der Waals surface area contributed by atoms with Crippen LogP contribution in [0.3, 0.4) is 0 Å². The zero-order valence-corrected chi connectivity index (χ0v) is 40.9. The molecule has 1 heterocycles. The Morgan fingerprint density at radius 3 is 1.64 bits per heavy atom. The minimum Gasteiger partial charge on any atom is -0.455 e. The van der Waals surface area contributed by atoms with Crippen LogP contribution in [0.25, 0.3) is 77.6 Å². The second-order valence-electron chi connectivity index (χ2n) is 21.2. The van der Waals surface area contributed by atoms with Crippen molar-refractivity contribution in [2.75, 3.05) is 0 Å². The number of rotatable bonds is 15. The van der Waals surface area contributed by atoms with Gasteiger partial charge in [-0.15, -0.1) is 0 Å². The van der Waals surface area contributed by atoms with Gasteiger partial charge in [-0.05, 0) is 139 Å². The zero-order chi connectivity index (χ0) is 45.4. The first kappa shape index (κ1) is 43.2. The second-order valence-corrected chi connectivity index (χ2v) is 21.6. The van der Waals surface area contributed by atoms with Gasteiger partial charge >= 0.3 is 0 Å². The monoisotopic (exact) mass is 884 g/mol. The van der Waals surface area contributed by atoms with E-state index in [1.807, 2.05) is 6.07 Å². The molecule has 7 aromatic carbocycles. The van der Waals surface area contributed by atoms with E-state index in [2.05, 4.69) is 163 Å². The van der Waals surface area contributed by atoms with Gasteiger partial charge in [-0.3, -0.25) is 0 Å². The number of para-hydroxylation sites is 1. The number of hydrogen-bond donors (Lipinski definition) is 0. The standard InChI is InChI=1S/C64H65ClO/c1-7-9-11-13-15-21-35-64(34-20-14-12-10-8-2)52-24-18-16-22-45(52)48-31-27-42(37-56(48)64)41-26-30-46-47-32-28-43(38-54(47)62(3,4)53(46)36-41)51-40-57-59(49-33-29-44(65)39-55(49)63(57,5)6)60-50-23-17-19-25-58(50)66-61(51)60/h16-19,22-33,36-40H,7-15,20-21,34-35H2,1-6H3. The third kappa shape index (κ3) is 6.77. The topological polar surface area (TPSA) is 13.1 Å². The molecule has 0 bridgehead atoms. The quantitative estimate of drug-likeness (QED) is 0.0935. The summed E-state index contributed by atoms with van der Waals surface area (Å²) in [5.41, 5.74) is 23.2. The number of benzene rings is 7. The molecule has 0 amide bonds. The van der Waals surface area contributed by atoms with Crippen LogP contribution < -0.4 is 0 Å². The highest BCUT2D eigenvalue weighted by atomic mass is 35.5. The molecule has 0 fully saturated rings. The molecule has 1 atom stereocenters. The molecule has 66 heavy (non-hydrogen) atoms. The normalized spacial score (nSPS) is 16.9. The van der Waals surface area contributed by atoms with E-state index in [1.54, 1.807) is 11.1 Å². The zero-order valence-electron chi connectivity index (χ0n) is 40.1. The van der Waals surface area contributed by atoms with Gasteiger partial charge in [0.25, 0.3) is 0 Å². The lowest BCUT2D eigenvalue weighted by atomic mass is 9.70. The minimum absolute atomic E-state index is 0.0649. The van der Waals surface area contributed by atoms with E-state index in [1.165, 1.54) is 161 Å². The smallest absolute Gasteiger partial charge is 0.143 e. The Hall–Kier alpha value is -5.37. The van der Waals surface area contributed by atoms with E-state index in [9.17, 15) is 0 Å². The van der Waals surface area contributed by atoms with Crippen LogP contribution in [-0.2, 0) is 16.2 Å². The van der Waals surface area contributed by atoms with Gasteiger partial charge in [-0.25, -0.2) is 0 Å². The Kier molecular flexibility index (Phi) is 11.0. The van der Waals surface area contributed by atoms with Crippen molar-refractivity contribution in [2.24, 2.45) is 0 Å². The number of fused-ring (bicyclic) bond motifs is 13. The van der Waals surface area contributed by atoms with Crippen LogP contribution in [0, 0.1) is 0 Å². The Balaban J connectivity index is 0.978. The fourth-order valence-electron chi connectivity index (χ4n) is 12.9. The second kappa shape index (κ2) is 16.7. The number of halogens is 1. The molecule has 0 aliphatic heterocycles. The van der Waals surface area contributed by atoms with Crippen LogP contribution in [0.2, 0.25) is 5.02 Å². The van der Waals surface area contributed by atoms with Crippen LogP contribution in [0.4, 0.5) is 0 Å². The summed E-state index contributed by atoms with van der Waals surface area (Å²) in [7, 11) is 0. The van der Waals surface area contributed by atoms with Gasteiger partial charge in [0.05, 0.1) is 0 Å². The van der Waals surface area contributed by atoms with Crippen LogP contribution >= 0.6 is 11.6 Å². The summed E-state index contributed by atoms with van der Waals surface area (Å²) in [4.78, 5) is 0. The minimum atomic E-state index is -0.220. The highest BCUT2D eigenvalue weighted by molar-refractivity contribution is 6.31. The predicted octanol–water partition coefficient (Wildman–Crippen LogP) is 19.6. The van der Waals surface area contributed by atoms with Crippen LogP contribution in [0.1, 0.15) is 158 Å². The first-order valence-electron chi connectivity index (χ1n) is 25.4. The van der Waals surface area contributed by atoms with Gasteiger partial charge in [0, 0.05) is 37.6 Å². The molecule has 1 unspecified atom stereocenters. The first-order valence-corrected chi connectivity index (χ1v) is 25.8.